The number of piperazine rings is 1. The van der Waals surface area contributed by atoms with Gasteiger partial charge in [-0.3, -0.25) is 14.4 Å². The van der Waals surface area contributed by atoms with Gasteiger partial charge in [-0.1, -0.05) is 31.2 Å². The van der Waals surface area contributed by atoms with E-state index in [4.69, 9.17) is 0 Å². The maximum atomic E-state index is 13.0. The Balaban J connectivity index is 1.51. The third kappa shape index (κ3) is 4.13. The first-order valence-electron chi connectivity index (χ1n) is 10.8. The molecule has 0 bridgehead atoms. The quantitative estimate of drug-likeness (QED) is 0.807. The molecule has 1 atom stereocenters. The lowest BCUT2D eigenvalue weighted by atomic mass is 10.1. The minimum absolute atomic E-state index is 0.0329. The lowest BCUT2D eigenvalue weighted by Crippen LogP contribution is -2.50. The van der Waals surface area contributed by atoms with Crippen molar-refractivity contribution in [3.8, 4) is 0 Å². The molecule has 0 spiro atoms. The minimum atomic E-state index is -0.256. The van der Waals surface area contributed by atoms with Crippen LogP contribution in [0, 0.1) is 0 Å². The highest BCUT2D eigenvalue weighted by atomic mass is 16.2. The van der Waals surface area contributed by atoms with E-state index in [1.54, 1.807) is 16.7 Å². The summed E-state index contributed by atoms with van der Waals surface area (Å²) < 4.78 is 0. The van der Waals surface area contributed by atoms with E-state index in [0.29, 0.717) is 38.3 Å². The van der Waals surface area contributed by atoms with Crippen LogP contribution in [-0.4, -0.2) is 65.1 Å². The molecule has 1 fully saturated rings. The molecule has 7 heteroatoms. The van der Waals surface area contributed by atoms with Gasteiger partial charge in [0.1, 0.15) is 6.17 Å². The molecule has 2 aliphatic rings. The van der Waals surface area contributed by atoms with Crippen LogP contribution in [0.1, 0.15) is 52.7 Å². The van der Waals surface area contributed by atoms with Crippen LogP contribution in [0.5, 0.6) is 0 Å². The molecular weight excluding hydrogens is 392 g/mol. The molecule has 1 unspecified atom stereocenters. The van der Waals surface area contributed by atoms with E-state index in [-0.39, 0.29) is 23.9 Å². The molecule has 0 radical (unpaired) electrons. The summed E-state index contributed by atoms with van der Waals surface area (Å²) in [5.74, 6) is 0.0343. The van der Waals surface area contributed by atoms with E-state index < -0.39 is 0 Å². The Morgan fingerprint density at radius 3 is 2.42 bits per heavy atom. The molecule has 7 nitrogen and oxygen atoms in total. The molecule has 2 aromatic rings. The average molecular weight is 421 g/mol. The summed E-state index contributed by atoms with van der Waals surface area (Å²) in [6.45, 7) is 6.46. The van der Waals surface area contributed by atoms with Crippen LogP contribution in [0.2, 0.25) is 0 Å². The summed E-state index contributed by atoms with van der Waals surface area (Å²) in [6.07, 6.45) is 0.607. The van der Waals surface area contributed by atoms with Crippen LogP contribution >= 0.6 is 0 Å². The number of hydrogen-bond donors (Lipinski definition) is 1. The van der Waals surface area contributed by atoms with Crippen molar-refractivity contribution in [2.75, 3.05) is 38.0 Å². The number of carbonyl (C=O) groups is 3. The molecule has 31 heavy (non-hydrogen) atoms. The number of benzene rings is 2. The van der Waals surface area contributed by atoms with Crippen molar-refractivity contribution in [2.24, 2.45) is 0 Å². The van der Waals surface area contributed by atoms with Gasteiger partial charge in [0, 0.05) is 62.0 Å². The number of hydrogen-bond acceptors (Lipinski definition) is 4. The number of fused-ring (bicyclic) bond motifs is 1. The highest BCUT2D eigenvalue weighted by molar-refractivity contribution is 5.99. The third-order valence-electron chi connectivity index (χ3n) is 5.95. The largest absolute Gasteiger partial charge is 0.361 e. The molecule has 0 saturated carbocycles. The number of nitrogens with one attached hydrogen (secondary N) is 1. The zero-order valence-electron chi connectivity index (χ0n) is 18.0. The highest BCUT2D eigenvalue weighted by Crippen LogP contribution is 2.34. The lowest BCUT2D eigenvalue weighted by molar-refractivity contribution is -0.130. The van der Waals surface area contributed by atoms with Gasteiger partial charge in [-0.25, -0.2) is 0 Å². The van der Waals surface area contributed by atoms with Gasteiger partial charge in [0.15, 0.2) is 0 Å². The van der Waals surface area contributed by atoms with Crippen molar-refractivity contribution < 1.29 is 14.4 Å². The first kappa shape index (κ1) is 20.9. The van der Waals surface area contributed by atoms with E-state index in [1.807, 2.05) is 53.4 Å². The maximum Gasteiger partial charge on any atom is 0.256 e. The van der Waals surface area contributed by atoms with Crippen LogP contribution in [-0.2, 0) is 4.79 Å². The molecule has 1 N–H and O–H groups in total. The maximum absolute atomic E-state index is 13.0. The van der Waals surface area contributed by atoms with Gasteiger partial charge in [-0.15, -0.1) is 0 Å². The topological polar surface area (TPSA) is 73.0 Å². The molecular formula is C24H28N4O3. The molecule has 3 amide bonds. The zero-order valence-corrected chi connectivity index (χ0v) is 18.0. The Morgan fingerprint density at radius 1 is 1.00 bits per heavy atom. The van der Waals surface area contributed by atoms with Crippen LogP contribution in [0.4, 0.5) is 5.69 Å². The fourth-order valence-electron chi connectivity index (χ4n) is 4.30. The van der Waals surface area contributed by atoms with Crippen molar-refractivity contribution in [1.82, 2.24) is 14.7 Å². The lowest BCUT2D eigenvalue weighted by Gasteiger charge is -2.34. The number of rotatable bonds is 5. The summed E-state index contributed by atoms with van der Waals surface area (Å²) in [4.78, 5) is 42.8. The van der Waals surface area contributed by atoms with Crippen LogP contribution < -0.4 is 5.32 Å². The van der Waals surface area contributed by atoms with E-state index in [2.05, 4.69) is 12.2 Å². The van der Waals surface area contributed by atoms with Gasteiger partial charge in [-0.2, -0.15) is 0 Å². The molecule has 2 aliphatic heterocycles. The molecule has 0 aromatic heterocycles. The normalized spacial score (nSPS) is 18.2. The monoisotopic (exact) mass is 420 g/mol. The molecule has 4 rings (SSSR count). The van der Waals surface area contributed by atoms with Gasteiger partial charge < -0.3 is 20.0 Å². The SMILES string of the molecule is CCCN1C(=O)c2ccccc2C1Nc1cccc(C(=O)N2CCN(C(C)=O)CC2)c1. The van der Waals surface area contributed by atoms with Gasteiger partial charge in [0.25, 0.3) is 11.8 Å². The molecule has 1 saturated heterocycles. The second-order valence-corrected chi connectivity index (χ2v) is 8.01. The van der Waals surface area contributed by atoms with Crippen molar-refractivity contribution >= 4 is 23.4 Å². The average Bonchev–Trinajstić information content (AvgIpc) is 3.05. The predicted molar refractivity (Wildman–Crippen MR) is 119 cm³/mol. The summed E-state index contributed by atoms with van der Waals surface area (Å²) >= 11 is 0. The first-order valence-corrected chi connectivity index (χ1v) is 10.8. The Morgan fingerprint density at radius 2 is 1.71 bits per heavy atom. The summed E-state index contributed by atoms with van der Waals surface area (Å²) in [6, 6.07) is 15.1. The predicted octanol–water partition coefficient (Wildman–Crippen LogP) is 2.97. The van der Waals surface area contributed by atoms with E-state index >= 15 is 0 Å². The number of nitrogens with zero attached hydrogens (tertiary/aromatic N) is 3. The van der Waals surface area contributed by atoms with Gasteiger partial charge in [0.05, 0.1) is 0 Å². The van der Waals surface area contributed by atoms with Gasteiger partial charge in [-0.05, 0) is 30.7 Å². The van der Waals surface area contributed by atoms with Crippen molar-refractivity contribution in [1.29, 1.82) is 0 Å². The Labute approximate surface area is 182 Å². The van der Waals surface area contributed by atoms with Crippen molar-refractivity contribution in [2.45, 2.75) is 26.4 Å². The van der Waals surface area contributed by atoms with Gasteiger partial charge >= 0.3 is 0 Å². The Bertz CT molecular complexity index is 998. The smallest absolute Gasteiger partial charge is 0.256 e. The molecule has 0 aliphatic carbocycles. The van der Waals surface area contributed by atoms with E-state index in [9.17, 15) is 14.4 Å². The van der Waals surface area contributed by atoms with E-state index in [1.165, 1.54) is 0 Å². The third-order valence-corrected chi connectivity index (χ3v) is 5.95. The first-order chi connectivity index (χ1) is 15.0. The number of anilines is 1. The zero-order chi connectivity index (χ0) is 22.0. The standard InChI is InChI=1S/C24H28N4O3/c1-3-11-28-22(20-9-4-5-10-21(20)24(28)31)25-19-8-6-7-18(16-19)23(30)27-14-12-26(13-15-27)17(2)29/h4-10,16,22,25H,3,11-15H2,1-2H3. The Kier molecular flexibility index (Phi) is 5.93. The summed E-state index contributed by atoms with van der Waals surface area (Å²) in [5.41, 5.74) is 3.08. The molecule has 162 valence electrons. The molecule has 2 aromatic carbocycles. The fourth-order valence-corrected chi connectivity index (χ4v) is 4.30. The fraction of sp³-hybridized carbons (Fsp3) is 0.375. The number of carbonyl (C=O) groups excluding carboxylic acids is 3. The van der Waals surface area contributed by atoms with Crippen molar-refractivity contribution in [3.63, 3.8) is 0 Å². The second-order valence-electron chi connectivity index (χ2n) is 8.01. The minimum Gasteiger partial charge on any atom is -0.361 e. The van der Waals surface area contributed by atoms with Crippen LogP contribution in [0.3, 0.4) is 0 Å². The van der Waals surface area contributed by atoms with Crippen LogP contribution in [0.15, 0.2) is 48.5 Å². The van der Waals surface area contributed by atoms with Crippen LogP contribution in [0.25, 0.3) is 0 Å². The van der Waals surface area contributed by atoms with Gasteiger partial charge in [0.2, 0.25) is 5.91 Å². The Hall–Kier alpha value is -3.35. The second kappa shape index (κ2) is 8.79. The summed E-state index contributed by atoms with van der Waals surface area (Å²) in [7, 11) is 0. The summed E-state index contributed by atoms with van der Waals surface area (Å²) in [5, 5.41) is 3.46. The van der Waals surface area contributed by atoms with E-state index in [0.717, 1.165) is 23.2 Å². The molecule has 2 heterocycles. The highest BCUT2D eigenvalue weighted by Gasteiger charge is 2.35. The number of amides is 3. The van der Waals surface area contributed by atoms with Crippen molar-refractivity contribution in [3.05, 3.63) is 65.2 Å².